The van der Waals surface area contributed by atoms with Crippen molar-refractivity contribution >= 4 is 48.9 Å². The summed E-state index contributed by atoms with van der Waals surface area (Å²) in [5.41, 5.74) is 0. The summed E-state index contributed by atoms with van der Waals surface area (Å²) in [6, 6.07) is 1.66. The molecule has 1 saturated carbocycles. The number of fused-ring (bicyclic) bond motifs is 1. The summed E-state index contributed by atoms with van der Waals surface area (Å²) in [5.74, 6) is 0.327. The normalized spacial score (nSPS) is 27.5. The molecule has 0 amide bonds. The Morgan fingerprint density at radius 1 is 1.43 bits per heavy atom. The van der Waals surface area contributed by atoms with Crippen LogP contribution in [0.1, 0.15) is 30.6 Å². The van der Waals surface area contributed by atoms with Crippen molar-refractivity contribution in [3.05, 3.63) is 14.7 Å². The zero-order chi connectivity index (χ0) is 15.0. The molecule has 1 aromatic heterocycles. The highest BCUT2D eigenvalue weighted by Gasteiger charge is 2.41. The molecule has 118 valence electrons. The number of hydrogen-bond acceptors (Lipinski definition) is 4. The summed E-state index contributed by atoms with van der Waals surface area (Å²) < 4.78 is 34.0. The number of alkyl halides is 1. The lowest BCUT2D eigenvalue weighted by molar-refractivity contribution is -0.0586. The van der Waals surface area contributed by atoms with Crippen LogP contribution in [-0.2, 0) is 20.6 Å². The van der Waals surface area contributed by atoms with Crippen LogP contribution in [0.4, 0.5) is 0 Å². The van der Waals surface area contributed by atoms with E-state index in [0.29, 0.717) is 27.7 Å². The predicted molar refractivity (Wildman–Crippen MR) is 87.5 cm³/mol. The molecule has 0 bridgehead atoms. The molecule has 1 aromatic rings. The predicted octanol–water partition coefficient (Wildman–Crippen LogP) is 3.58. The van der Waals surface area contributed by atoms with Gasteiger partial charge in [0.25, 0.3) is 0 Å². The van der Waals surface area contributed by atoms with Crippen molar-refractivity contribution in [2.45, 2.75) is 48.6 Å². The van der Waals surface area contributed by atoms with E-state index in [9.17, 15) is 8.42 Å². The molecule has 1 aliphatic carbocycles. The van der Waals surface area contributed by atoms with Crippen LogP contribution in [-0.4, -0.2) is 38.0 Å². The molecular weight excluding hydrogens is 398 g/mol. The summed E-state index contributed by atoms with van der Waals surface area (Å²) in [4.78, 5) is 1.20. The van der Waals surface area contributed by atoms with Crippen LogP contribution in [0.15, 0.2) is 14.7 Å². The Hall–Kier alpha value is 0.340. The van der Waals surface area contributed by atoms with Gasteiger partial charge >= 0.3 is 0 Å². The molecule has 0 aromatic carbocycles. The summed E-state index contributed by atoms with van der Waals surface area (Å²) >= 11 is 10.6. The lowest BCUT2D eigenvalue weighted by Gasteiger charge is -2.42. The third-order valence-electron chi connectivity index (χ3n) is 4.11. The second kappa shape index (κ2) is 6.45. The smallest absolute Gasteiger partial charge is 0.245 e. The van der Waals surface area contributed by atoms with Crippen molar-refractivity contribution < 1.29 is 13.2 Å². The first kappa shape index (κ1) is 16.2. The molecule has 8 heteroatoms. The Labute approximate surface area is 142 Å². The highest BCUT2D eigenvalue weighted by molar-refractivity contribution is 9.11. The second-order valence-electron chi connectivity index (χ2n) is 5.36. The Kier molecular flexibility index (Phi) is 4.98. The zero-order valence-corrected chi connectivity index (χ0v) is 15.4. The van der Waals surface area contributed by atoms with Crippen LogP contribution in [0.3, 0.4) is 0 Å². The molecular formula is C13H17BrClNO3S2. The number of rotatable bonds is 3. The molecule has 3 rings (SSSR count). The molecule has 0 spiro atoms. The van der Waals surface area contributed by atoms with E-state index in [-0.39, 0.29) is 12.1 Å². The van der Waals surface area contributed by atoms with Gasteiger partial charge in [-0.3, -0.25) is 0 Å². The number of thiophene rings is 1. The summed E-state index contributed by atoms with van der Waals surface area (Å²) in [7, 11) is -3.49. The van der Waals surface area contributed by atoms with E-state index in [0.717, 1.165) is 30.6 Å². The number of hydrogen-bond donors (Lipinski definition) is 0. The largest absolute Gasteiger partial charge is 0.375 e. The number of ether oxygens (including phenoxy) is 1. The van der Waals surface area contributed by atoms with E-state index in [1.165, 1.54) is 11.3 Å². The van der Waals surface area contributed by atoms with E-state index in [1.54, 1.807) is 10.4 Å². The van der Waals surface area contributed by atoms with Gasteiger partial charge in [-0.15, -0.1) is 22.9 Å². The van der Waals surface area contributed by atoms with E-state index in [1.807, 2.05) is 0 Å². The molecule has 4 nitrogen and oxygen atoms in total. The van der Waals surface area contributed by atoms with Crippen LogP contribution in [0.5, 0.6) is 0 Å². The fourth-order valence-electron chi connectivity index (χ4n) is 3.13. The Balaban J connectivity index is 1.94. The van der Waals surface area contributed by atoms with Crippen LogP contribution in [0.2, 0.25) is 0 Å². The first-order valence-electron chi connectivity index (χ1n) is 7.01. The average molecular weight is 415 g/mol. The molecule has 2 aliphatic rings. The number of morpholine rings is 1. The SMILES string of the molecule is O=S(=O)(c1cc(CCl)sc1Br)N1CCOC2CCCCC21. The quantitative estimate of drug-likeness (QED) is 0.710. The van der Waals surface area contributed by atoms with Gasteiger partial charge in [-0.2, -0.15) is 4.31 Å². The zero-order valence-electron chi connectivity index (χ0n) is 11.4. The van der Waals surface area contributed by atoms with Gasteiger partial charge in [0.15, 0.2) is 0 Å². The van der Waals surface area contributed by atoms with E-state index < -0.39 is 10.0 Å². The van der Waals surface area contributed by atoms with Gasteiger partial charge in [0.05, 0.1) is 28.4 Å². The molecule has 21 heavy (non-hydrogen) atoms. The molecule has 2 fully saturated rings. The van der Waals surface area contributed by atoms with Crippen molar-refractivity contribution in [1.82, 2.24) is 4.31 Å². The molecule has 1 aliphatic heterocycles. The minimum absolute atomic E-state index is 0.0243. The molecule has 1 saturated heterocycles. The minimum Gasteiger partial charge on any atom is -0.375 e. The first-order chi connectivity index (χ1) is 10.0. The maximum absolute atomic E-state index is 13.0. The number of sulfonamides is 1. The first-order valence-corrected chi connectivity index (χ1v) is 10.6. The molecule has 0 N–H and O–H groups in total. The third kappa shape index (κ3) is 3.05. The van der Waals surface area contributed by atoms with Crippen LogP contribution in [0.25, 0.3) is 0 Å². The number of halogens is 2. The van der Waals surface area contributed by atoms with Crippen molar-refractivity contribution in [2.24, 2.45) is 0 Å². The van der Waals surface area contributed by atoms with Gasteiger partial charge in [-0.05, 0) is 34.8 Å². The van der Waals surface area contributed by atoms with Crippen molar-refractivity contribution in [2.75, 3.05) is 13.2 Å². The van der Waals surface area contributed by atoms with E-state index in [2.05, 4.69) is 15.9 Å². The minimum atomic E-state index is -3.49. The maximum atomic E-state index is 13.0. The average Bonchev–Trinajstić information content (AvgIpc) is 2.88. The fraction of sp³-hybridized carbons (Fsp3) is 0.692. The van der Waals surface area contributed by atoms with Gasteiger partial charge in [0.1, 0.15) is 4.90 Å². The van der Waals surface area contributed by atoms with E-state index in [4.69, 9.17) is 16.3 Å². The summed E-state index contributed by atoms with van der Waals surface area (Å²) in [6.45, 7) is 0.909. The molecule has 2 unspecified atom stereocenters. The topological polar surface area (TPSA) is 46.6 Å². The van der Waals surface area contributed by atoms with Gasteiger partial charge in [0, 0.05) is 11.4 Å². The van der Waals surface area contributed by atoms with Gasteiger partial charge < -0.3 is 4.74 Å². The second-order valence-corrected chi connectivity index (χ2v) is 9.94. The van der Waals surface area contributed by atoms with E-state index >= 15 is 0 Å². The van der Waals surface area contributed by atoms with Crippen LogP contribution < -0.4 is 0 Å². The van der Waals surface area contributed by atoms with Gasteiger partial charge in [0.2, 0.25) is 10.0 Å². The van der Waals surface area contributed by atoms with Crippen molar-refractivity contribution in [3.8, 4) is 0 Å². The Morgan fingerprint density at radius 2 is 2.19 bits per heavy atom. The lowest BCUT2D eigenvalue weighted by Crippen LogP contribution is -2.54. The highest BCUT2D eigenvalue weighted by atomic mass is 79.9. The number of nitrogens with zero attached hydrogens (tertiary/aromatic N) is 1. The standard InChI is InChI=1S/C13H17BrClNO3S2/c14-13-12(7-9(8-15)20-13)21(17,18)16-5-6-19-11-4-2-1-3-10(11)16/h7,10-11H,1-6,8H2. The highest BCUT2D eigenvalue weighted by Crippen LogP contribution is 2.38. The van der Waals surface area contributed by atoms with Crippen molar-refractivity contribution in [1.29, 1.82) is 0 Å². The fourth-order valence-corrected chi connectivity index (χ4v) is 7.51. The van der Waals surface area contributed by atoms with Crippen molar-refractivity contribution in [3.63, 3.8) is 0 Å². The van der Waals surface area contributed by atoms with Crippen LogP contribution in [0, 0.1) is 0 Å². The lowest BCUT2D eigenvalue weighted by atomic mass is 9.91. The van der Waals surface area contributed by atoms with Crippen LogP contribution >= 0.6 is 38.9 Å². The van der Waals surface area contributed by atoms with Gasteiger partial charge in [-0.25, -0.2) is 8.42 Å². The molecule has 0 radical (unpaired) electrons. The third-order valence-corrected chi connectivity index (χ3v) is 8.73. The summed E-state index contributed by atoms with van der Waals surface area (Å²) in [6.07, 6.45) is 4.07. The molecule has 2 atom stereocenters. The Morgan fingerprint density at radius 3 is 2.90 bits per heavy atom. The summed E-state index contributed by atoms with van der Waals surface area (Å²) in [5, 5.41) is 0. The van der Waals surface area contributed by atoms with Gasteiger partial charge in [-0.1, -0.05) is 12.8 Å². The Bertz CT molecular complexity index is 617. The maximum Gasteiger partial charge on any atom is 0.245 e. The monoisotopic (exact) mass is 413 g/mol. The molecule has 2 heterocycles.